The number of pyridine rings is 2. The quantitative estimate of drug-likeness (QED) is 0.490. The number of aryl methyl sites for hydroxylation is 2. The predicted molar refractivity (Wildman–Crippen MR) is 108 cm³/mol. The van der Waals surface area contributed by atoms with E-state index in [1.807, 2.05) is 26.0 Å². The molecule has 0 amide bonds. The fourth-order valence-corrected chi connectivity index (χ4v) is 2.42. The number of nitrogens with one attached hydrogen (secondary N) is 2. The average molecular weight is 419 g/mol. The first-order chi connectivity index (χ1) is 13.5. The molecule has 0 bridgehead atoms. The maximum atomic E-state index is 10.7. The molecule has 154 valence electrons. The van der Waals surface area contributed by atoms with Gasteiger partial charge in [0.1, 0.15) is 0 Å². The number of sulfonamides is 1. The molecular formula is C19H21N3O6S. The van der Waals surface area contributed by atoms with Gasteiger partial charge in [-0.05, 0) is 50.2 Å². The van der Waals surface area contributed by atoms with Crippen molar-refractivity contribution in [3.63, 3.8) is 0 Å². The number of carboxylic acid groups (broad SMARTS) is 1. The van der Waals surface area contributed by atoms with Crippen molar-refractivity contribution in [3.8, 4) is 0 Å². The number of aromatic carboxylic acids is 1. The zero-order chi connectivity index (χ0) is 22.0. The molecule has 0 unspecified atom stereocenters. The Morgan fingerprint density at radius 3 is 1.48 bits per heavy atom. The molecular weight excluding hydrogens is 398 g/mol. The molecule has 0 atom stereocenters. The Kier molecular flexibility index (Phi) is 8.71. The molecule has 0 spiro atoms. The van der Waals surface area contributed by atoms with E-state index in [-0.39, 0.29) is 21.6 Å². The largest absolute Gasteiger partial charge is 0.478 e. The molecule has 0 radical (unpaired) electrons. The molecule has 0 fully saturated rings. The highest BCUT2D eigenvalue weighted by Gasteiger charge is 2.08. The van der Waals surface area contributed by atoms with Gasteiger partial charge in [-0.25, -0.2) is 18.4 Å². The van der Waals surface area contributed by atoms with Crippen LogP contribution in [-0.4, -0.2) is 29.5 Å². The van der Waals surface area contributed by atoms with Crippen LogP contribution in [0.3, 0.4) is 0 Å². The van der Waals surface area contributed by atoms with E-state index in [0.29, 0.717) is 0 Å². The van der Waals surface area contributed by atoms with Crippen molar-refractivity contribution in [2.24, 2.45) is 5.14 Å². The molecule has 2 heterocycles. The van der Waals surface area contributed by atoms with Gasteiger partial charge < -0.3 is 15.1 Å². The first-order valence-corrected chi connectivity index (χ1v) is 9.71. The Bertz CT molecular complexity index is 1110. The van der Waals surface area contributed by atoms with Gasteiger partial charge in [0.05, 0.1) is 10.5 Å². The van der Waals surface area contributed by atoms with Gasteiger partial charge in [-0.3, -0.25) is 9.59 Å². The number of rotatable bonds is 2. The molecule has 1 aromatic carbocycles. The number of nitrogens with two attached hydrogens (primary N) is 1. The minimum absolute atomic E-state index is 0.0207. The summed E-state index contributed by atoms with van der Waals surface area (Å²) in [6, 6.07) is 14.8. The van der Waals surface area contributed by atoms with Crippen LogP contribution in [0.2, 0.25) is 0 Å². The summed E-state index contributed by atoms with van der Waals surface area (Å²) in [6.45, 7) is 3.70. The molecule has 10 heteroatoms. The molecule has 3 rings (SSSR count). The highest BCUT2D eigenvalue weighted by molar-refractivity contribution is 7.89. The van der Waals surface area contributed by atoms with E-state index >= 15 is 0 Å². The summed E-state index contributed by atoms with van der Waals surface area (Å²) >= 11 is 0. The Hall–Kier alpha value is -3.50. The Balaban J connectivity index is 0.000000228. The molecule has 29 heavy (non-hydrogen) atoms. The highest BCUT2D eigenvalue weighted by atomic mass is 32.2. The van der Waals surface area contributed by atoms with E-state index in [1.54, 1.807) is 12.1 Å². The maximum absolute atomic E-state index is 10.7. The highest BCUT2D eigenvalue weighted by Crippen LogP contribution is 2.08. The summed E-state index contributed by atoms with van der Waals surface area (Å²) in [4.78, 5) is 36.4. The fraction of sp³-hybridized carbons (Fsp3) is 0.105. The van der Waals surface area contributed by atoms with Crippen LogP contribution in [0.4, 0.5) is 0 Å². The topological polar surface area (TPSA) is 163 Å². The number of aromatic nitrogens is 2. The normalized spacial score (nSPS) is 10.0. The second-order valence-electron chi connectivity index (χ2n) is 5.77. The van der Waals surface area contributed by atoms with Crippen LogP contribution in [0.15, 0.2) is 75.1 Å². The average Bonchev–Trinajstić information content (AvgIpc) is 2.62. The van der Waals surface area contributed by atoms with Crippen molar-refractivity contribution in [1.29, 1.82) is 0 Å². The van der Waals surface area contributed by atoms with Crippen molar-refractivity contribution in [3.05, 3.63) is 98.3 Å². The first-order valence-electron chi connectivity index (χ1n) is 8.17. The lowest BCUT2D eigenvalue weighted by atomic mass is 10.2. The van der Waals surface area contributed by atoms with Crippen LogP contribution < -0.4 is 16.3 Å². The first kappa shape index (κ1) is 23.5. The summed E-state index contributed by atoms with van der Waals surface area (Å²) in [5.74, 6) is -1.11. The lowest BCUT2D eigenvalue weighted by Crippen LogP contribution is -2.12. The van der Waals surface area contributed by atoms with Gasteiger partial charge in [0.2, 0.25) is 21.1 Å². The number of primary sulfonamides is 1. The Morgan fingerprint density at radius 1 is 0.828 bits per heavy atom. The number of benzene rings is 1. The van der Waals surface area contributed by atoms with Gasteiger partial charge in [-0.2, -0.15) is 0 Å². The standard InChI is InChI=1S/C7H7NO4S.2C6H7NO/c8-13(11,12)6-3-1-5(2-4-6)7(9)10;2*1-5-3-2-4-6(8)7-5/h1-4H,(H,9,10)(H2,8,11,12);2*2-4H,1H3,(H,7,8). The molecule has 3 aromatic rings. The third-order valence-corrected chi connectivity index (χ3v) is 4.19. The lowest BCUT2D eigenvalue weighted by molar-refractivity contribution is 0.0696. The van der Waals surface area contributed by atoms with Crippen LogP contribution in [0, 0.1) is 13.8 Å². The molecule has 2 aromatic heterocycles. The maximum Gasteiger partial charge on any atom is 0.335 e. The minimum Gasteiger partial charge on any atom is -0.478 e. The number of aromatic amines is 2. The minimum atomic E-state index is -3.74. The number of hydrogen-bond acceptors (Lipinski definition) is 5. The van der Waals surface area contributed by atoms with Gasteiger partial charge in [0.15, 0.2) is 0 Å². The predicted octanol–water partition coefficient (Wildman–Crippen LogP) is 1.40. The summed E-state index contributed by atoms with van der Waals surface area (Å²) in [5.41, 5.74) is 1.75. The number of carbonyl (C=O) groups is 1. The van der Waals surface area contributed by atoms with Gasteiger partial charge in [-0.1, -0.05) is 12.1 Å². The van der Waals surface area contributed by atoms with Crippen molar-refractivity contribution < 1.29 is 18.3 Å². The zero-order valence-electron chi connectivity index (χ0n) is 15.7. The lowest BCUT2D eigenvalue weighted by Gasteiger charge is -1.97. The van der Waals surface area contributed by atoms with Crippen molar-refractivity contribution in [1.82, 2.24) is 9.97 Å². The molecule has 0 aliphatic rings. The molecule has 0 aliphatic carbocycles. The summed E-state index contributed by atoms with van der Waals surface area (Å²) in [5, 5.41) is 13.3. The van der Waals surface area contributed by atoms with Crippen molar-refractivity contribution in [2.45, 2.75) is 18.7 Å². The molecule has 0 saturated carbocycles. The smallest absolute Gasteiger partial charge is 0.335 e. The number of H-pyrrole nitrogens is 2. The third kappa shape index (κ3) is 9.31. The Labute approximate surface area is 166 Å². The van der Waals surface area contributed by atoms with E-state index in [4.69, 9.17) is 10.2 Å². The van der Waals surface area contributed by atoms with Crippen LogP contribution in [0.1, 0.15) is 21.7 Å². The SMILES string of the molecule is Cc1cccc(=O)[nH]1.Cc1cccc(=O)[nH]1.NS(=O)(=O)c1ccc(C(=O)O)cc1. The van der Waals surface area contributed by atoms with Crippen LogP contribution >= 0.6 is 0 Å². The second-order valence-corrected chi connectivity index (χ2v) is 7.33. The van der Waals surface area contributed by atoms with Crippen molar-refractivity contribution >= 4 is 16.0 Å². The molecule has 0 saturated heterocycles. The Morgan fingerprint density at radius 2 is 1.24 bits per heavy atom. The number of carboxylic acids is 1. The van der Waals surface area contributed by atoms with E-state index in [0.717, 1.165) is 23.5 Å². The second kappa shape index (κ2) is 10.7. The van der Waals surface area contributed by atoms with Crippen LogP contribution in [-0.2, 0) is 10.0 Å². The monoisotopic (exact) mass is 419 g/mol. The van der Waals surface area contributed by atoms with Gasteiger partial charge in [0.25, 0.3) is 0 Å². The number of hydrogen-bond donors (Lipinski definition) is 4. The van der Waals surface area contributed by atoms with Crippen LogP contribution in [0.25, 0.3) is 0 Å². The van der Waals surface area contributed by atoms with Gasteiger partial charge in [0, 0.05) is 23.5 Å². The van der Waals surface area contributed by atoms with E-state index in [2.05, 4.69) is 9.97 Å². The third-order valence-electron chi connectivity index (χ3n) is 3.26. The van der Waals surface area contributed by atoms with E-state index in [9.17, 15) is 22.8 Å². The van der Waals surface area contributed by atoms with Gasteiger partial charge in [-0.15, -0.1) is 0 Å². The zero-order valence-corrected chi connectivity index (χ0v) is 16.6. The fourth-order valence-electron chi connectivity index (χ4n) is 1.90. The summed E-state index contributed by atoms with van der Waals surface area (Å²) < 4.78 is 21.5. The molecule has 5 N–H and O–H groups in total. The molecule has 9 nitrogen and oxygen atoms in total. The van der Waals surface area contributed by atoms with E-state index in [1.165, 1.54) is 24.3 Å². The van der Waals surface area contributed by atoms with Crippen molar-refractivity contribution in [2.75, 3.05) is 0 Å². The van der Waals surface area contributed by atoms with Gasteiger partial charge >= 0.3 is 5.97 Å². The molecule has 0 aliphatic heterocycles. The van der Waals surface area contributed by atoms with Crippen LogP contribution in [0.5, 0.6) is 0 Å². The summed E-state index contributed by atoms with van der Waals surface area (Å²) in [7, 11) is -3.74. The summed E-state index contributed by atoms with van der Waals surface area (Å²) in [6.07, 6.45) is 0. The van der Waals surface area contributed by atoms with E-state index < -0.39 is 16.0 Å².